The van der Waals surface area contributed by atoms with Gasteiger partial charge >= 0.3 is 5.97 Å². The van der Waals surface area contributed by atoms with E-state index in [-0.39, 0.29) is 4.90 Å². The third kappa shape index (κ3) is 3.42. The SMILES string of the molecule is NS(=O)(=O)c1ccc(C#CC(=O)O)cc1. The number of carbonyl (C=O) groups is 1. The molecule has 0 atom stereocenters. The molecule has 0 fully saturated rings. The van der Waals surface area contributed by atoms with Crippen LogP contribution < -0.4 is 5.14 Å². The van der Waals surface area contributed by atoms with Crippen molar-refractivity contribution in [1.29, 1.82) is 0 Å². The average molecular weight is 225 g/mol. The van der Waals surface area contributed by atoms with E-state index in [1.54, 1.807) is 0 Å². The Morgan fingerprint density at radius 3 is 2.20 bits per heavy atom. The summed E-state index contributed by atoms with van der Waals surface area (Å²) in [5, 5.41) is 13.1. The molecule has 0 bridgehead atoms. The van der Waals surface area contributed by atoms with Crippen molar-refractivity contribution >= 4 is 16.0 Å². The first-order valence-electron chi connectivity index (χ1n) is 3.77. The number of sulfonamides is 1. The largest absolute Gasteiger partial charge is 0.472 e. The maximum atomic E-state index is 10.9. The minimum absolute atomic E-state index is 0.0385. The lowest BCUT2D eigenvalue weighted by atomic mass is 10.2. The van der Waals surface area contributed by atoms with Crippen molar-refractivity contribution in [3.63, 3.8) is 0 Å². The van der Waals surface area contributed by atoms with Crippen LogP contribution in [0.3, 0.4) is 0 Å². The molecule has 0 aliphatic heterocycles. The predicted octanol–water partition coefficient (Wildman–Crippen LogP) is -0.230. The van der Waals surface area contributed by atoms with Gasteiger partial charge in [-0.1, -0.05) is 5.92 Å². The van der Waals surface area contributed by atoms with Crippen LogP contribution in [0.4, 0.5) is 0 Å². The van der Waals surface area contributed by atoms with Gasteiger partial charge in [0.25, 0.3) is 0 Å². The normalized spacial score (nSPS) is 10.2. The molecule has 0 heterocycles. The number of hydrogen-bond donors (Lipinski definition) is 2. The van der Waals surface area contributed by atoms with Crippen LogP contribution in [0.1, 0.15) is 5.56 Å². The second-order valence-corrected chi connectivity index (χ2v) is 4.19. The third-order valence-corrected chi connectivity index (χ3v) is 2.43. The number of hydrogen-bond acceptors (Lipinski definition) is 3. The second kappa shape index (κ2) is 4.13. The van der Waals surface area contributed by atoms with Crippen molar-refractivity contribution in [2.24, 2.45) is 5.14 Å². The van der Waals surface area contributed by atoms with Gasteiger partial charge in [0.05, 0.1) is 4.90 Å². The minimum Gasteiger partial charge on any atom is -0.472 e. The lowest BCUT2D eigenvalue weighted by Crippen LogP contribution is -2.11. The summed E-state index contributed by atoms with van der Waals surface area (Å²) in [7, 11) is -3.72. The summed E-state index contributed by atoms with van der Waals surface area (Å²) in [6.45, 7) is 0. The molecule has 0 saturated carbocycles. The number of aliphatic carboxylic acids is 1. The number of carboxylic acids is 1. The highest BCUT2D eigenvalue weighted by atomic mass is 32.2. The molecule has 0 unspecified atom stereocenters. The summed E-state index contributed by atoms with van der Waals surface area (Å²) in [5.74, 6) is 3.00. The van der Waals surface area contributed by atoms with E-state index < -0.39 is 16.0 Å². The Labute approximate surface area is 86.6 Å². The highest BCUT2D eigenvalue weighted by Crippen LogP contribution is 2.07. The van der Waals surface area contributed by atoms with Crippen molar-refractivity contribution in [3.05, 3.63) is 29.8 Å². The minimum atomic E-state index is -3.72. The third-order valence-electron chi connectivity index (χ3n) is 1.50. The molecule has 5 nitrogen and oxygen atoms in total. The van der Waals surface area contributed by atoms with Crippen LogP contribution in [0.2, 0.25) is 0 Å². The molecule has 0 radical (unpaired) electrons. The summed E-state index contributed by atoms with van der Waals surface area (Å²) in [6.07, 6.45) is 0. The first kappa shape index (κ1) is 11.2. The van der Waals surface area contributed by atoms with E-state index >= 15 is 0 Å². The molecule has 3 N–H and O–H groups in total. The Morgan fingerprint density at radius 1 is 1.27 bits per heavy atom. The smallest absolute Gasteiger partial charge is 0.382 e. The molecule has 78 valence electrons. The quantitative estimate of drug-likeness (QED) is 0.645. The summed E-state index contributed by atoms with van der Waals surface area (Å²) in [4.78, 5) is 10.1. The zero-order chi connectivity index (χ0) is 11.5. The molecule has 0 spiro atoms. The molecule has 1 aromatic carbocycles. The van der Waals surface area contributed by atoms with Crippen molar-refractivity contribution < 1.29 is 18.3 Å². The van der Waals surface area contributed by atoms with Gasteiger partial charge in [-0.3, -0.25) is 0 Å². The van der Waals surface area contributed by atoms with Crippen molar-refractivity contribution in [2.45, 2.75) is 4.90 Å². The second-order valence-electron chi connectivity index (χ2n) is 2.62. The maximum absolute atomic E-state index is 10.9. The fourth-order valence-corrected chi connectivity index (χ4v) is 1.37. The zero-order valence-electron chi connectivity index (χ0n) is 7.47. The molecular formula is C9H7NO4S. The van der Waals surface area contributed by atoms with Crippen LogP contribution in [0.5, 0.6) is 0 Å². The summed E-state index contributed by atoms with van der Waals surface area (Å²) in [6, 6.07) is 5.30. The Balaban J connectivity index is 3.03. The van der Waals surface area contributed by atoms with E-state index in [1.807, 2.05) is 5.92 Å². The molecular weight excluding hydrogens is 218 g/mol. The van der Waals surface area contributed by atoms with E-state index in [2.05, 4.69) is 5.92 Å². The number of carboxylic acid groups (broad SMARTS) is 1. The number of primary sulfonamides is 1. The van der Waals surface area contributed by atoms with Crippen LogP contribution >= 0.6 is 0 Å². The average Bonchev–Trinajstić information content (AvgIpc) is 2.14. The van der Waals surface area contributed by atoms with Crippen LogP contribution in [-0.2, 0) is 14.8 Å². The summed E-state index contributed by atoms with van der Waals surface area (Å²) < 4.78 is 21.7. The van der Waals surface area contributed by atoms with Crippen molar-refractivity contribution in [2.75, 3.05) is 0 Å². The molecule has 0 aliphatic carbocycles. The highest BCUT2D eigenvalue weighted by Gasteiger charge is 2.05. The van der Waals surface area contributed by atoms with Gasteiger partial charge in [0.1, 0.15) is 0 Å². The van der Waals surface area contributed by atoms with Crippen molar-refractivity contribution in [1.82, 2.24) is 0 Å². The molecule has 6 heteroatoms. The first-order chi connectivity index (χ1) is 6.89. The van der Waals surface area contributed by atoms with Crippen LogP contribution in [0.25, 0.3) is 0 Å². The molecule has 0 aliphatic rings. The summed E-state index contributed by atoms with van der Waals surface area (Å²) >= 11 is 0. The Bertz CT molecular complexity index is 534. The molecule has 1 rings (SSSR count). The van der Waals surface area contributed by atoms with Gasteiger partial charge in [0, 0.05) is 11.5 Å². The van der Waals surface area contributed by atoms with Gasteiger partial charge in [-0.15, -0.1) is 0 Å². The summed E-state index contributed by atoms with van der Waals surface area (Å²) in [5.41, 5.74) is 0.407. The molecule has 15 heavy (non-hydrogen) atoms. The number of nitrogens with two attached hydrogens (primary N) is 1. The van der Waals surface area contributed by atoms with E-state index in [0.29, 0.717) is 5.56 Å². The molecule has 0 amide bonds. The van der Waals surface area contributed by atoms with Crippen LogP contribution in [0, 0.1) is 11.8 Å². The van der Waals surface area contributed by atoms with Gasteiger partial charge in [0.15, 0.2) is 0 Å². The fraction of sp³-hybridized carbons (Fsp3) is 0. The van der Waals surface area contributed by atoms with Gasteiger partial charge in [0.2, 0.25) is 10.0 Å². The van der Waals surface area contributed by atoms with E-state index in [9.17, 15) is 13.2 Å². The monoisotopic (exact) mass is 225 g/mol. The van der Waals surface area contributed by atoms with E-state index in [0.717, 1.165) is 0 Å². The topological polar surface area (TPSA) is 97.5 Å². The van der Waals surface area contributed by atoms with Crippen LogP contribution in [-0.4, -0.2) is 19.5 Å². The van der Waals surface area contributed by atoms with E-state index in [4.69, 9.17) is 10.2 Å². The van der Waals surface area contributed by atoms with Gasteiger partial charge in [-0.25, -0.2) is 18.4 Å². The Hall–Kier alpha value is -1.84. The van der Waals surface area contributed by atoms with Crippen molar-refractivity contribution in [3.8, 4) is 11.8 Å². The Morgan fingerprint density at radius 2 is 1.80 bits per heavy atom. The standard InChI is InChI=1S/C9H7NO4S/c10-15(13,14)8-4-1-7(2-5-8)3-6-9(11)12/h1-2,4-5H,(H,11,12)(H2,10,13,14). The van der Waals surface area contributed by atoms with Gasteiger partial charge < -0.3 is 5.11 Å². The number of benzene rings is 1. The lowest BCUT2D eigenvalue weighted by Gasteiger charge is -1.96. The molecule has 0 saturated heterocycles. The predicted molar refractivity (Wildman–Crippen MR) is 52.3 cm³/mol. The highest BCUT2D eigenvalue weighted by molar-refractivity contribution is 7.89. The Kier molecular flexibility index (Phi) is 3.09. The molecule has 0 aromatic heterocycles. The fourth-order valence-electron chi connectivity index (χ4n) is 0.854. The molecule has 1 aromatic rings. The zero-order valence-corrected chi connectivity index (χ0v) is 8.28. The number of rotatable bonds is 1. The maximum Gasteiger partial charge on any atom is 0.382 e. The van der Waals surface area contributed by atoms with E-state index in [1.165, 1.54) is 24.3 Å². The lowest BCUT2D eigenvalue weighted by molar-refractivity contribution is -0.130. The van der Waals surface area contributed by atoms with Gasteiger partial charge in [-0.2, -0.15) is 0 Å². The van der Waals surface area contributed by atoms with Crippen LogP contribution in [0.15, 0.2) is 29.2 Å². The van der Waals surface area contributed by atoms with Gasteiger partial charge in [-0.05, 0) is 24.3 Å². The first-order valence-corrected chi connectivity index (χ1v) is 5.32.